The second kappa shape index (κ2) is 11.8. The van der Waals surface area contributed by atoms with E-state index in [4.69, 9.17) is 32.7 Å². The van der Waals surface area contributed by atoms with Crippen molar-refractivity contribution in [3.63, 3.8) is 0 Å². The zero-order chi connectivity index (χ0) is 28.4. The third kappa shape index (κ3) is 6.07. The summed E-state index contributed by atoms with van der Waals surface area (Å²) >= 11 is 13.4. The summed E-state index contributed by atoms with van der Waals surface area (Å²) in [7, 11) is 0. The number of allylic oxidation sites excluding steroid dienone is 1. The summed E-state index contributed by atoms with van der Waals surface area (Å²) in [6.45, 7) is 5.75. The van der Waals surface area contributed by atoms with Crippen molar-refractivity contribution in [1.82, 2.24) is 4.57 Å². The van der Waals surface area contributed by atoms with Gasteiger partial charge in [-0.2, -0.15) is 0 Å². The lowest BCUT2D eigenvalue weighted by Crippen LogP contribution is -2.40. The Bertz CT molecular complexity index is 1750. The molecule has 0 saturated carbocycles. The number of rotatable bonds is 7. The molecule has 0 saturated heterocycles. The van der Waals surface area contributed by atoms with Crippen molar-refractivity contribution < 1.29 is 14.3 Å². The van der Waals surface area contributed by atoms with E-state index >= 15 is 0 Å². The van der Waals surface area contributed by atoms with E-state index < -0.39 is 12.0 Å². The summed E-state index contributed by atoms with van der Waals surface area (Å²) in [4.78, 5) is 32.1. The third-order valence-corrected chi connectivity index (χ3v) is 7.75. The Kier molecular flexibility index (Phi) is 8.26. The summed E-state index contributed by atoms with van der Waals surface area (Å²) in [5, 5.41) is 1.24. The van der Waals surface area contributed by atoms with Crippen molar-refractivity contribution in [2.75, 3.05) is 0 Å². The molecule has 2 heterocycles. The molecule has 0 radical (unpaired) electrons. The molecule has 40 heavy (non-hydrogen) atoms. The standard InChI is InChI=1S/C31H26Cl2N2O4S/c1-18(2)39-30(37)27-19(3)34-31-35(28(27)22-8-12-24(33)13-9-22)29(36)26(40-31)16-20-6-14-25(15-7-20)38-17-21-4-10-23(32)11-5-21/h4-16,18,28H,17H2,1-3H3. The molecule has 3 aromatic carbocycles. The number of nitrogens with zero attached hydrogens (tertiary/aromatic N) is 2. The highest BCUT2D eigenvalue weighted by Gasteiger charge is 2.33. The van der Waals surface area contributed by atoms with Gasteiger partial charge in [-0.1, -0.05) is 70.9 Å². The van der Waals surface area contributed by atoms with Crippen molar-refractivity contribution in [3.05, 3.63) is 130 Å². The van der Waals surface area contributed by atoms with E-state index in [9.17, 15) is 9.59 Å². The lowest BCUT2D eigenvalue weighted by Gasteiger charge is -2.25. The number of aromatic nitrogens is 1. The van der Waals surface area contributed by atoms with Gasteiger partial charge in [0.25, 0.3) is 5.56 Å². The summed E-state index contributed by atoms with van der Waals surface area (Å²) in [5.74, 6) is 0.208. The quantitative estimate of drug-likeness (QED) is 0.244. The van der Waals surface area contributed by atoms with Gasteiger partial charge >= 0.3 is 5.97 Å². The lowest BCUT2D eigenvalue weighted by atomic mass is 9.96. The number of ether oxygens (including phenoxy) is 2. The summed E-state index contributed by atoms with van der Waals surface area (Å²) < 4.78 is 13.5. The first-order valence-electron chi connectivity index (χ1n) is 12.7. The van der Waals surface area contributed by atoms with Gasteiger partial charge in [0.2, 0.25) is 0 Å². The Morgan fingerprint density at radius 3 is 2.25 bits per heavy atom. The van der Waals surface area contributed by atoms with Crippen LogP contribution in [0.3, 0.4) is 0 Å². The Morgan fingerprint density at radius 1 is 1.00 bits per heavy atom. The van der Waals surface area contributed by atoms with Crippen molar-refractivity contribution in [3.8, 4) is 5.75 Å². The number of esters is 1. The SMILES string of the molecule is CC1=C(C(=O)OC(C)C)C(c2ccc(Cl)cc2)n2c(sc(=Cc3ccc(OCc4ccc(Cl)cc4)cc3)c2=O)=N1. The van der Waals surface area contributed by atoms with Gasteiger partial charge in [0.15, 0.2) is 4.80 Å². The average Bonchev–Trinajstić information content (AvgIpc) is 3.22. The Balaban J connectivity index is 1.49. The molecule has 0 spiro atoms. The molecule has 9 heteroatoms. The number of fused-ring (bicyclic) bond motifs is 1. The zero-order valence-electron chi connectivity index (χ0n) is 22.1. The van der Waals surface area contributed by atoms with Gasteiger partial charge in [-0.3, -0.25) is 9.36 Å². The summed E-state index contributed by atoms with van der Waals surface area (Å²) in [6.07, 6.45) is 1.50. The van der Waals surface area contributed by atoms with Crippen LogP contribution in [0, 0.1) is 0 Å². The molecule has 0 N–H and O–H groups in total. The molecule has 0 amide bonds. The Labute approximate surface area is 245 Å². The van der Waals surface area contributed by atoms with E-state index in [1.807, 2.05) is 66.7 Å². The fourth-order valence-corrected chi connectivity index (χ4v) is 5.68. The van der Waals surface area contributed by atoms with E-state index in [1.165, 1.54) is 11.3 Å². The molecule has 0 bridgehead atoms. The van der Waals surface area contributed by atoms with Gasteiger partial charge in [-0.25, -0.2) is 9.79 Å². The van der Waals surface area contributed by atoms with Gasteiger partial charge in [-0.05, 0) is 79.9 Å². The number of benzene rings is 3. The molecule has 0 aliphatic carbocycles. The van der Waals surface area contributed by atoms with E-state index in [0.29, 0.717) is 43.0 Å². The highest BCUT2D eigenvalue weighted by molar-refractivity contribution is 7.07. The molecule has 1 aliphatic heterocycles. The first-order valence-corrected chi connectivity index (χ1v) is 14.2. The van der Waals surface area contributed by atoms with Crippen LogP contribution in [0.5, 0.6) is 5.75 Å². The Hall–Kier alpha value is -3.65. The van der Waals surface area contributed by atoms with Crippen LogP contribution >= 0.6 is 34.5 Å². The normalized spacial score (nSPS) is 15.2. The largest absolute Gasteiger partial charge is 0.489 e. The molecule has 1 atom stereocenters. The van der Waals surface area contributed by atoms with Crippen LogP contribution in [0.1, 0.15) is 43.5 Å². The second-order valence-corrected chi connectivity index (χ2v) is 11.5. The molecular weight excluding hydrogens is 567 g/mol. The summed E-state index contributed by atoms with van der Waals surface area (Å²) in [5.41, 5.74) is 3.19. The fourth-order valence-electron chi connectivity index (χ4n) is 4.38. The van der Waals surface area contributed by atoms with Gasteiger partial charge in [0.1, 0.15) is 12.4 Å². The maximum Gasteiger partial charge on any atom is 0.338 e. The smallest absolute Gasteiger partial charge is 0.338 e. The average molecular weight is 594 g/mol. The fraction of sp³-hybridized carbons (Fsp3) is 0.194. The minimum atomic E-state index is -0.689. The molecule has 4 aromatic rings. The van der Waals surface area contributed by atoms with Gasteiger partial charge in [-0.15, -0.1) is 0 Å². The van der Waals surface area contributed by atoms with Crippen LogP contribution < -0.4 is 19.6 Å². The monoisotopic (exact) mass is 592 g/mol. The minimum absolute atomic E-state index is 0.242. The van der Waals surface area contributed by atoms with Crippen LogP contribution in [0.15, 0.2) is 93.9 Å². The lowest BCUT2D eigenvalue weighted by molar-refractivity contribution is -0.143. The third-order valence-electron chi connectivity index (χ3n) is 6.27. The van der Waals surface area contributed by atoms with E-state index in [-0.39, 0.29) is 11.7 Å². The maximum atomic E-state index is 13.8. The van der Waals surface area contributed by atoms with E-state index in [1.54, 1.807) is 37.5 Å². The van der Waals surface area contributed by atoms with Gasteiger partial charge < -0.3 is 9.47 Å². The van der Waals surface area contributed by atoms with Gasteiger partial charge in [0.05, 0.1) is 27.9 Å². The number of thiazole rings is 1. The number of hydrogen-bond acceptors (Lipinski definition) is 6. The highest BCUT2D eigenvalue weighted by Crippen LogP contribution is 2.31. The summed E-state index contributed by atoms with van der Waals surface area (Å²) in [6, 6.07) is 21.4. The molecule has 204 valence electrons. The maximum absolute atomic E-state index is 13.8. The predicted molar refractivity (Wildman–Crippen MR) is 159 cm³/mol. The van der Waals surface area contributed by atoms with E-state index in [2.05, 4.69) is 4.99 Å². The number of carbonyl (C=O) groups excluding carboxylic acids is 1. The predicted octanol–water partition coefficient (Wildman–Crippen LogP) is 6.07. The first-order chi connectivity index (χ1) is 19.2. The van der Waals surface area contributed by atoms with Crippen LogP contribution in [0.4, 0.5) is 0 Å². The number of carbonyl (C=O) groups is 1. The molecule has 0 fully saturated rings. The highest BCUT2D eigenvalue weighted by atomic mass is 35.5. The van der Waals surface area contributed by atoms with Crippen molar-refractivity contribution in [2.45, 2.75) is 39.5 Å². The zero-order valence-corrected chi connectivity index (χ0v) is 24.4. The van der Waals surface area contributed by atoms with E-state index in [0.717, 1.165) is 16.7 Å². The van der Waals surface area contributed by atoms with Crippen molar-refractivity contribution >= 4 is 46.6 Å². The van der Waals surface area contributed by atoms with Crippen molar-refractivity contribution in [2.24, 2.45) is 4.99 Å². The van der Waals surface area contributed by atoms with Crippen molar-refractivity contribution in [1.29, 1.82) is 0 Å². The molecule has 6 nitrogen and oxygen atoms in total. The number of hydrogen-bond donors (Lipinski definition) is 0. The van der Waals surface area contributed by atoms with Crippen LogP contribution in [-0.4, -0.2) is 16.6 Å². The van der Waals surface area contributed by atoms with Crippen LogP contribution in [0.25, 0.3) is 6.08 Å². The second-order valence-electron chi connectivity index (χ2n) is 9.57. The molecule has 1 unspecified atom stereocenters. The molecule has 5 rings (SSSR count). The molecular formula is C31H26Cl2N2O4S. The molecule has 1 aliphatic rings. The first kappa shape index (κ1) is 27.9. The Morgan fingerprint density at radius 2 is 1.62 bits per heavy atom. The number of halogens is 2. The molecule has 1 aromatic heterocycles. The minimum Gasteiger partial charge on any atom is -0.489 e. The van der Waals surface area contributed by atoms with Crippen LogP contribution in [0.2, 0.25) is 10.0 Å². The van der Waals surface area contributed by atoms with Crippen LogP contribution in [-0.2, 0) is 16.1 Å². The van der Waals surface area contributed by atoms with Gasteiger partial charge in [0, 0.05) is 10.0 Å². The topological polar surface area (TPSA) is 69.9 Å².